The van der Waals surface area contributed by atoms with E-state index < -0.39 is 18.4 Å². The van der Waals surface area contributed by atoms with E-state index in [-0.39, 0.29) is 11.9 Å². The van der Waals surface area contributed by atoms with E-state index >= 15 is 0 Å². The normalized spacial score (nSPS) is 20.9. The second-order valence-corrected chi connectivity index (χ2v) is 2.79. The Bertz CT molecular complexity index is 274. The van der Waals surface area contributed by atoms with Crippen LogP contribution < -0.4 is 22.5 Å². The van der Waals surface area contributed by atoms with Crippen LogP contribution in [-0.4, -0.2) is 23.9 Å². The summed E-state index contributed by atoms with van der Waals surface area (Å²) in [5.41, 5.74) is 15.5. The number of alkyl halides is 3. The van der Waals surface area contributed by atoms with E-state index in [9.17, 15) is 13.2 Å². The molecule has 0 fully saturated rings. The number of nitrogens with two attached hydrogens (primary N) is 3. The minimum absolute atomic E-state index is 0.288. The number of halogens is 3. The van der Waals surface area contributed by atoms with Gasteiger partial charge in [-0.25, -0.2) is 9.98 Å². The van der Waals surface area contributed by atoms with Crippen molar-refractivity contribution >= 4 is 11.9 Å². The zero-order valence-corrected chi connectivity index (χ0v) is 6.97. The van der Waals surface area contributed by atoms with Gasteiger partial charge in [-0.05, 0) is 0 Å². The van der Waals surface area contributed by atoms with Crippen LogP contribution in [0.4, 0.5) is 13.2 Å². The molecule has 0 saturated heterocycles. The largest absolute Gasteiger partial charge is 0.394 e. The van der Waals surface area contributed by atoms with Crippen LogP contribution >= 0.6 is 0 Å². The van der Waals surface area contributed by atoms with E-state index in [0.29, 0.717) is 0 Å². The van der Waals surface area contributed by atoms with Crippen molar-refractivity contribution < 1.29 is 13.2 Å². The summed E-state index contributed by atoms with van der Waals surface area (Å²) in [6.07, 6.45) is -5.90. The van der Waals surface area contributed by atoms with Crippen molar-refractivity contribution in [2.75, 3.05) is 0 Å². The average molecular weight is 210 g/mol. The van der Waals surface area contributed by atoms with Crippen molar-refractivity contribution in [1.29, 1.82) is 0 Å². The molecule has 0 aromatic heterocycles. The van der Waals surface area contributed by atoms with Gasteiger partial charge < -0.3 is 11.5 Å². The van der Waals surface area contributed by atoms with Gasteiger partial charge in [-0.3, -0.25) is 11.1 Å². The van der Waals surface area contributed by atoms with Crippen LogP contribution in [0.5, 0.6) is 0 Å². The predicted octanol–water partition coefficient (Wildman–Crippen LogP) is -1.22. The fraction of sp³-hybridized carbons (Fsp3) is 0.600. The Kier molecular flexibility index (Phi) is 2.27. The number of rotatable bonds is 1. The Labute approximate surface area is 77.0 Å². The number of hydrogen-bond acceptors (Lipinski definition) is 6. The molecule has 0 spiro atoms. The molecule has 0 bridgehead atoms. The van der Waals surface area contributed by atoms with Gasteiger partial charge in [0.15, 0.2) is 11.9 Å². The predicted molar refractivity (Wildman–Crippen MR) is 44.0 cm³/mol. The van der Waals surface area contributed by atoms with Crippen LogP contribution in [0.25, 0.3) is 0 Å². The van der Waals surface area contributed by atoms with E-state index in [1.54, 1.807) is 0 Å². The summed E-state index contributed by atoms with van der Waals surface area (Å²) in [5, 5.41) is 2.23. The third kappa shape index (κ3) is 2.76. The lowest BCUT2D eigenvalue weighted by molar-refractivity contribution is -0.146. The van der Waals surface area contributed by atoms with Gasteiger partial charge in [0.2, 0.25) is 5.79 Å². The Morgan fingerprint density at radius 1 is 1.21 bits per heavy atom. The first-order valence-electron chi connectivity index (χ1n) is 3.53. The molecule has 0 atom stereocenters. The molecule has 6 nitrogen and oxygen atoms in total. The zero-order valence-electron chi connectivity index (χ0n) is 6.97. The molecule has 1 aliphatic rings. The van der Waals surface area contributed by atoms with E-state index in [1.807, 2.05) is 0 Å². The Hall–Kier alpha value is -1.51. The highest BCUT2D eigenvalue weighted by Crippen LogP contribution is 2.28. The van der Waals surface area contributed by atoms with Gasteiger partial charge >= 0.3 is 6.18 Å². The summed E-state index contributed by atoms with van der Waals surface area (Å²) in [7, 11) is 0. The Morgan fingerprint density at radius 3 is 2.00 bits per heavy atom. The lowest BCUT2D eigenvalue weighted by atomic mass is 10.2. The molecular formula is C5H9F3N6. The van der Waals surface area contributed by atoms with E-state index in [0.717, 1.165) is 0 Å². The molecule has 9 heteroatoms. The van der Waals surface area contributed by atoms with Crippen LogP contribution in [-0.2, 0) is 0 Å². The maximum Gasteiger partial charge on any atom is 0.394 e. The molecule has 14 heavy (non-hydrogen) atoms. The first-order valence-corrected chi connectivity index (χ1v) is 3.53. The van der Waals surface area contributed by atoms with Crippen LogP contribution in [0.2, 0.25) is 0 Å². The lowest BCUT2D eigenvalue weighted by Gasteiger charge is -2.26. The monoisotopic (exact) mass is 210 g/mol. The van der Waals surface area contributed by atoms with Gasteiger partial charge in [0.25, 0.3) is 0 Å². The number of guanidine groups is 2. The number of aliphatic imine (C=N–C) groups is 2. The minimum atomic E-state index is -4.49. The second kappa shape index (κ2) is 3.01. The zero-order chi connectivity index (χ0) is 11.0. The van der Waals surface area contributed by atoms with Gasteiger partial charge in [-0.15, -0.1) is 0 Å². The third-order valence-corrected chi connectivity index (χ3v) is 1.34. The molecule has 0 aromatic rings. The molecule has 1 aliphatic heterocycles. The smallest absolute Gasteiger partial charge is 0.370 e. The molecule has 0 amide bonds. The molecule has 0 aliphatic carbocycles. The molecule has 1 heterocycles. The number of nitrogens with zero attached hydrogens (tertiary/aromatic N) is 2. The number of nitrogens with one attached hydrogen (secondary N) is 1. The maximum atomic E-state index is 12.0. The van der Waals surface area contributed by atoms with Gasteiger partial charge in [-0.1, -0.05) is 0 Å². The molecule has 0 saturated carbocycles. The Morgan fingerprint density at radius 2 is 1.64 bits per heavy atom. The Balaban J connectivity index is 2.88. The second-order valence-electron chi connectivity index (χ2n) is 2.79. The van der Waals surface area contributed by atoms with Crippen molar-refractivity contribution in [2.24, 2.45) is 27.2 Å². The quantitative estimate of drug-likeness (QED) is 0.434. The molecule has 80 valence electrons. The van der Waals surface area contributed by atoms with Crippen molar-refractivity contribution in [3.05, 3.63) is 0 Å². The van der Waals surface area contributed by atoms with E-state index in [2.05, 4.69) is 15.3 Å². The van der Waals surface area contributed by atoms with Gasteiger partial charge in [0.05, 0.1) is 0 Å². The molecule has 0 aromatic carbocycles. The summed E-state index contributed by atoms with van der Waals surface area (Å²) in [4.78, 5) is 6.65. The molecule has 1 rings (SSSR count). The highest BCUT2D eigenvalue weighted by Gasteiger charge is 2.41. The van der Waals surface area contributed by atoms with Gasteiger partial charge in [-0.2, -0.15) is 13.2 Å². The topological polar surface area (TPSA) is 115 Å². The third-order valence-electron chi connectivity index (χ3n) is 1.34. The standard InChI is InChI=1S/C5H9F3N6/c6-4(7,8)1-5(11)13-2(9)12-3(10)14-5/h1,11H2,(H5,9,10,12,13,14). The highest BCUT2D eigenvalue weighted by molar-refractivity contribution is 5.98. The summed E-state index contributed by atoms with van der Waals surface area (Å²) in [5.74, 6) is -2.73. The highest BCUT2D eigenvalue weighted by atomic mass is 19.4. The summed E-state index contributed by atoms with van der Waals surface area (Å²) < 4.78 is 36.1. The van der Waals surface area contributed by atoms with Crippen molar-refractivity contribution in [2.45, 2.75) is 18.4 Å². The van der Waals surface area contributed by atoms with E-state index in [1.165, 1.54) is 0 Å². The summed E-state index contributed by atoms with van der Waals surface area (Å²) in [6.45, 7) is 0. The number of hydrogen-bond donors (Lipinski definition) is 4. The van der Waals surface area contributed by atoms with Crippen LogP contribution in [0.3, 0.4) is 0 Å². The fourth-order valence-electron chi connectivity index (χ4n) is 1.00. The van der Waals surface area contributed by atoms with Crippen LogP contribution in [0, 0.1) is 0 Å². The van der Waals surface area contributed by atoms with Crippen molar-refractivity contribution in [3.63, 3.8) is 0 Å². The summed E-state index contributed by atoms with van der Waals surface area (Å²) >= 11 is 0. The molecule has 0 unspecified atom stereocenters. The molecule has 0 radical (unpaired) electrons. The van der Waals surface area contributed by atoms with Crippen molar-refractivity contribution in [1.82, 2.24) is 5.32 Å². The lowest BCUT2D eigenvalue weighted by Crippen LogP contribution is -2.54. The van der Waals surface area contributed by atoms with Crippen LogP contribution in [0.15, 0.2) is 9.98 Å². The SMILES string of the molecule is NC1=NC(N)(CC(F)(F)F)N=C(N)N1. The first-order chi connectivity index (χ1) is 6.20. The first kappa shape index (κ1) is 10.6. The maximum absolute atomic E-state index is 12.0. The fourth-order valence-corrected chi connectivity index (χ4v) is 1.00. The molecular weight excluding hydrogens is 201 g/mol. The molecule has 7 N–H and O–H groups in total. The average Bonchev–Trinajstić information content (AvgIpc) is 1.74. The van der Waals surface area contributed by atoms with Crippen molar-refractivity contribution in [3.8, 4) is 0 Å². The van der Waals surface area contributed by atoms with E-state index in [4.69, 9.17) is 17.2 Å². The summed E-state index contributed by atoms with van der Waals surface area (Å²) in [6, 6.07) is 0. The minimum Gasteiger partial charge on any atom is -0.370 e. The van der Waals surface area contributed by atoms with Gasteiger partial charge in [0, 0.05) is 0 Å². The van der Waals surface area contributed by atoms with Gasteiger partial charge in [0.1, 0.15) is 6.42 Å². The van der Waals surface area contributed by atoms with Crippen LogP contribution in [0.1, 0.15) is 6.42 Å².